The molecular weight excluding hydrogens is 396 g/mol. The zero-order valence-corrected chi connectivity index (χ0v) is 18.2. The van der Waals surface area contributed by atoms with Crippen LogP contribution in [0.1, 0.15) is 42.0 Å². The van der Waals surface area contributed by atoms with E-state index in [0.717, 1.165) is 74.3 Å². The summed E-state index contributed by atoms with van der Waals surface area (Å²) in [5.74, 6) is 3.03. The molecule has 0 aliphatic carbocycles. The van der Waals surface area contributed by atoms with Gasteiger partial charge in [0.2, 0.25) is 10.8 Å². The van der Waals surface area contributed by atoms with Crippen LogP contribution in [0.25, 0.3) is 0 Å². The van der Waals surface area contributed by atoms with Crippen LogP contribution in [-0.2, 0) is 22.3 Å². The van der Waals surface area contributed by atoms with E-state index in [0.29, 0.717) is 23.8 Å². The molecule has 1 aromatic heterocycles. The number of fused-ring (bicyclic) bond motifs is 2. The molecule has 6 nitrogen and oxygen atoms in total. The Labute approximate surface area is 180 Å². The van der Waals surface area contributed by atoms with E-state index in [-0.39, 0.29) is 0 Å². The molecule has 5 heterocycles. The Morgan fingerprint density at radius 2 is 2.00 bits per heavy atom. The molecule has 0 bridgehead atoms. The summed E-state index contributed by atoms with van der Waals surface area (Å²) >= 11 is -0.975. The van der Waals surface area contributed by atoms with Crippen LogP contribution in [-0.4, -0.2) is 58.7 Å². The van der Waals surface area contributed by atoms with Gasteiger partial charge in [0.05, 0.1) is 18.7 Å². The highest BCUT2D eigenvalue weighted by Crippen LogP contribution is 2.45. The van der Waals surface area contributed by atoms with Gasteiger partial charge in [-0.05, 0) is 48.8 Å². The van der Waals surface area contributed by atoms with Gasteiger partial charge >= 0.3 is 0 Å². The Morgan fingerprint density at radius 3 is 2.77 bits per heavy atom. The van der Waals surface area contributed by atoms with Crippen molar-refractivity contribution in [2.24, 2.45) is 0 Å². The van der Waals surface area contributed by atoms with Crippen LogP contribution in [0.3, 0.4) is 0 Å². The molecule has 30 heavy (non-hydrogen) atoms. The van der Waals surface area contributed by atoms with E-state index < -0.39 is 11.2 Å². The molecule has 0 N–H and O–H groups in total. The lowest BCUT2D eigenvalue weighted by atomic mass is 9.89. The van der Waals surface area contributed by atoms with Crippen LogP contribution in [0.5, 0.6) is 0 Å². The van der Waals surface area contributed by atoms with Gasteiger partial charge in [-0.1, -0.05) is 29.8 Å². The molecule has 4 aliphatic rings. The number of aryl methyl sites for hydroxylation is 2. The number of hydrogen-bond acceptors (Lipinski definition) is 6. The third-order valence-corrected chi connectivity index (χ3v) is 8.56. The van der Waals surface area contributed by atoms with Gasteiger partial charge in [-0.15, -0.1) is 0 Å². The first-order chi connectivity index (χ1) is 14.7. The maximum Gasteiger partial charge on any atom is 0.227 e. The molecule has 0 radical (unpaired) electrons. The molecule has 158 valence electrons. The van der Waals surface area contributed by atoms with E-state index in [9.17, 15) is 4.55 Å². The Kier molecular flexibility index (Phi) is 4.66. The first-order valence-corrected chi connectivity index (χ1v) is 12.5. The number of ether oxygens (including phenoxy) is 1. The van der Waals surface area contributed by atoms with Crippen molar-refractivity contribution < 1.29 is 9.29 Å². The Morgan fingerprint density at radius 1 is 1.13 bits per heavy atom. The van der Waals surface area contributed by atoms with Crippen molar-refractivity contribution in [2.75, 3.05) is 41.9 Å². The highest BCUT2D eigenvalue weighted by molar-refractivity contribution is 7.91. The van der Waals surface area contributed by atoms with Gasteiger partial charge in [-0.2, -0.15) is 4.98 Å². The first kappa shape index (κ1) is 18.9. The predicted octanol–water partition coefficient (Wildman–Crippen LogP) is 2.81. The molecule has 3 fully saturated rings. The van der Waals surface area contributed by atoms with E-state index in [1.807, 2.05) is 0 Å². The summed E-state index contributed by atoms with van der Waals surface area (Å²) in [4.78, 5) is 15.5. The van der Waals surface area contributed by atoms with E-state index in [4.69, 9.17) is 14.7 Å². The number of hydrogen-bond donors (Lipinski definition) is 0. The molecule has 3 atom stereocenters. The molecule has 3 unspecified atom stereocenters. The van der Waals surface area contributed by atoms with Crippen LogP contribution < -0.4 is 9.80 Å². The van der Waals surface area contributed by atoms with E-state index in [1.54, 1.807) is 0 Å². The number of benzene rings is 1. The monoisotopic (exact) mass is 424 g/mol. The van der Waals surface area contributed by atoms with Gasteiger partial charge in [0.1, 0.15) is 11.4 Å². The molecule has 2 aromatic rings. The number of piperidine rings is 1. The van der Waals surface area contributed by atoms with E-state index in [1.165, 1.54) is 11.1 Å². The summed E-state index contributed by atoms with van der Waals surface area (Å²) in [6, 6.07) is 9.81. The molecule has 6 rings (SSSR count). The Balaban J connectivity index is 1.25. The first-order valence-electron chi connectivity index (χ1n) is 11.2. The van der Waals surface area contributed by atoms with Crippen molar-refractivity contribution in [1.29, 1.82) is 0 Å². The average molecular weight is 425 g/mol. The molecule has 3 saturated heterocycles. The average Bonchev–Trinajstić information content (AvgIpc) is 3.39. The minimum atomic E-state index is -0.975. The number of rotatable bonds is 3. The van der Waals surface area contributed by atoms with Crippen molar-refractivity contribution in [1.82, 2.24) is 9.97 Å². The van der Waals surface area contributed by atoms with Gasteiger partial charge in [0.25, 0.3) is 0 Å². The van der Waals surface area contributed by atoms with Crippen molar-refractivity contribution in [3.63, 3.8) is 0 Å². The van der Waals surface area contributed by atoms with Crippen LogP contribution in [0.15, 0.2) is 29.2 Å². The maximum absolute atomic E-state index is 12.7. The summed E-state index contributed by atoms with van der Waals surface area (Å²) in [5.41, 5.74) is 3.78. The maximum atomic E-state index is 12.7. The SMILES string of the molecule is Cc1cccc(C2CCN(c3nc4c(c(N5C6CCOCC65)n3)[S+]([O-])CC4)CC2)c1. The predicted molar refractivity (Wildman–Crippen MR) is 118 cm³/mol. The van der Waals surface area contributed by atoms with Crippen LogP contribution >= 0.6 is 0 Å². The van der Waals surface area contributed by atoms with E-state index >= 15 is 0 Å². The molecule has 0 saturated carbocycles. The van der Waals surface area contributed by atoms with Gasteiger partial charge in [0.15, 0.2) is 5.82 Å². The van der Waals surface area contributed by atoms with Crippen molar-refractivity contribution >= 4 is 22.9 Å². The zero-order chi connectivity index (χ0) is 20.2. The quantitative estimate of drug-likeness (QED) is 0.558. The summed E-state index contributed by atoms with van der Waals surface area (Å²) in [7, 11) is 0. The van der Waals surface area contributed by atoms with Gasteiger partial charge in [0, 0.05) is 26.1 Å². The van der Waals surface area contributed by atoms with Crippen LogP contribution in [0.4, 0.5) is 11.8 Å². The Bertz CT molecular complexity index is 950. The highest BCUT2D eigenvalue weighted by Gasteiger charge is 2.53. The number of aromatic nitrogens is 2. The summed E-state index contributed by atoms with van der Waals surface area (Å²) in [6.07, 6.45) is 4.07. The summed E-state index contributed by atoms with van der Waals surface area (Å²) in [6.45, 7) is 5.67. The van der Waals surface area contributed by atoms with Crippen LogP contribution in [0, 0.1) is 6.92 Å². The lowest BCUT2D eigenvalue weighted by Crippen LogP contribution is -2.34. The van der Waals surface area contributed by atoms with Gasteiger partial charge < -0.3 is 19.1 Å². The second kappa shape index (κ2) is 7.39. The third kappa shape index (κ3) is 3.18. The minimum Gasteiger partial charge on any atom is -0.611 e. The number of anilines is 2. The lowest BCUT2D eigenvalue weighted by Gasteiger charge is -2.32. The fraction of sp³-hybridized carbons (Fsp3) is 0.565. The Hall–Kier alpha value is -1.83. The third-order valence-electron chi connectivity index (χ3n) is 7.11. The second-order valence-corrected chi connectivity index (χ2v) is 10.5. The lowest BCUT2D eigenvalue weighted by molar-refractivity contribution is 0.114. The smallest absolute Gasteiger partial charge is 0.227 e. The fourth-order valence-electron chi connectivity index (χ4n) is 5.40. The topological polar surface area (TPSA) is 64.3 Å². The van der Waals surface area contributed by atoms with Crippen molar-refractivity contribution in [3.8, 4) is 0 Å². The summed E-state index contributed by atoms with van der Waals surface area (Å²) in [5, 5.41) is 0. The van der Waals surface area contributed by atoms with Gasteiger partial charge in [-0.3, -0.25) is 0 Å². The van der Waals surface area contributed by atoms with Gasteiger partial charge in [-0.25, -0.2) is 4.98 Å². The van der Waals surface area contributed by atoms with Crippen molar-refractivity contribution in [2.45, 2.75) is 55.5 Å². The second-order valence-electron chi connectivity index (χ2n) is 9.00. The molecule has 0 spiro atoms. The molecule has 7 heteroatoms. The normalized spacial score (nSPS) is 28.4. The fourth-order valence-corrected chi connectivity index (χ4v) is 6.75. The van der Waals surface area contributed by atoms with E-state index in [2.05, 4.69) is 41.0 Å². The summed E-state index contributed by atoms with van der Waals surface area (Å²) < 4.78 is 18.4. The largest absolute Gasteiger partial charge is 0.611 e. The molecule has 4 aliphatic heterocycles. The zero-order valence-electron chi connectivity index (χ0n) is 17.4. The van der Waals surface area contributed by atoms with Crippen LogP contribution in [0.2, 0.25) is 0 Å². The highest BCUT2D eigenvalue weighted by atomic mass is 32.2. The van der Waals surface area contributed by atoms with Crippen molar-refractivity contribution in [3.05, 3.63) is 41.1 Å². The standard InChI is InChI=1S/C23H28N4O2S/c1-15-3-2-4-17(13-15)16-5-9-26(10-6-16)23-24-18-8-12-30(28)21(18)22(25-23)27-19-7-11-29-14-20(19)27/h2-4,13,16,19-20H,5-12,14H2,1H3. The molecular formula is C23H28N4O2S. The molecule has 1 aromatic carbocycles. The number of nitrogens with zero attached hydrogens (tertiary/aromatic N) is 4. The molecule has 0 amide bonds. The minimum absolute atomic E-state index is 0.398.